The SMILES string of the molecule is CCCCCCCCC/C(C)=C/C(C)CC. The summed E-state index contributed by atoms with van der Waals surface area (Å²) in [5, 5.41) is 0. The summed E-state index contributed by atoms with van der Waals surface area (Å²) in [4.78, 5) is 0. The van der Waals surface area contributed by atoms with Crippen molar-refractivity contribution in [2.24, 2.45) is 5.92 Å². The molecule has 0 aliphatic rings. The fraction of sp³-hybridized carbons (Fsp3) is 0.875. The fourth-order valence-electron chi connectivity index (χ4n) is 2.05. The molecule has 0 aromatic rings. The quantitative estimate of drug-likeness (QED) is 0.310. The molecule has 0 spiro atoms. The van der Waals surface area contributed by atoms with Crippen molar-refractivity contribution in [1.82, 2.24) is 0 Å². The Bertz CT molecular complexity index is 167. The molecule has 96 valence electrons. The van der Waals surface area contributed by atoms with Crippen LogP contribution in [-0.4, -0.2) is 0 Å². The minimum atomic E-state index is 0.768. The van der Waals surface area contributed by atoms with Crippen LogP contribution in [0, 0.1) is 5.92 Å². The van der Waals surface area contributed by atoms with E-state index in [0.717, 1.165) is 5.92 Å². The maximum Gasteiger partial charge on any atom is -0.0262 e. The first kappa shape index (κ1) is 15.7. The predicted octanol–water partition coefficient (Wildman–Crippen LogP) is 6.12. The highest BCUT2D eigenvalue weighted by Gasteiger charge is 1.96. The Morgan fingerprint density at radius 3 is 2.06 bits per heavy atom. The summed E-state index contributed by atoms with van der Waals surface area (Å²) < 4.78 is 0. The third-order valence-corrected chi connectivity index (χ3v) is 3.39. The van der Waals surface area contributed by atoms with E-state index < -0.39 is 0 Å². The second kappa shape index (κ2) is 11.2. The van der Waals surface area contributed by atoms with Crippen molar-refractivity contribution in [3.05, 3.63) is 11.6 Å². The largest absolute Gasteiger partial charge is 0.0828 e. The lowest BCUT2D eigenvalue weighted by Crippen LogP contribution is -1.88. The normalized spacial score (nSPS) is 14.1. The second-order valence-corrected chi connectivity index (χ2v) is 5.27. The molecule has 0 radical (unpaired) electrons. The average Bonchev–Trinajstić information content (AvgIpc) is 2.27. The third-order valence-electron chi connectivity index (χ3n) is 3.39. The Kier molecular flexibility index (Phi) is 11.0. The highest BCUT2D eigenvalue weighted by atomic mass is 14.0. The van der Waals surface area contributed by atoms with E-state index in [1.54, 1.807) is 5.57 Å². The standard InChI is InChI=1S/C16H32/c1-5-7-8-9-10-11-12-13-16(4)14-15(3)6-2/h14-15H,5-13H2,1-4H3/b16-14+. The maximum absolute atomic E-state index is 2.46. The van der Waals surface area contributed by atoms with Crippen LogP contribution >= 0.6 is 0 Å². The molecule has 0 fully saturated rings. The molecule has 0 aromatic carbocycles. The Morgan fingerprint density at radius 1 is 0.938 bits per heavy atom. The van der Waals surface area contributed by atoms with Gasteiger partial charge in [0.15, 0.2) is 0 Å². The van der Waals surface area contributed by atoms with Gasteiger partial charge < -0.3 is 0 Å². The van der Waals surface area contributed by atoms with E-state index in [4.69, 9.17) is 0 Å². The zero-order chi connectivity index (χ0) is 12.2. The molecule has 0 amide bonds. The van der Waals surface area contributed by atoms with Crippen molar-refractivity contribution >= 4 is 0 Å². The van der Waals surface area contributed by atoms with E-state index in [2.05, 4.69) is 33.8 Å². The smallest absolute Gasteiger partial charge is 0.0262 e. The minimum Gasteiger partial charge on any atom is -0.0828 e. The second-order valence-electron chi connectivity index (χ2n) is 5.27. The summed E-state index contributed by atoms with van der Waals surface area (Å²) in [7, 11) is 0. The third kappa shape index (κ3) is 10.3. The van der Waals surface area contributed by atoms with Crippen molar-refractivity contribution < 1.29 is 0 Å². The predicted molar refractivity (Wildman–Crippen MR) is 75.8 cm³/mol. The van der Waals surface area contributed by atoms with Gasteiger partial charge in [0.1, 0.15) is 0 Å². The van der Waals surface area contributed by atoms with Gasteiger partial charge >= 0.3 is 0 Å². The number of rotatable bonds is 10. The lowest BCUT2D eigenvalue weighted by atomic mass is 10.0. The van der Waals surface area contributed by atoms with Crippen LogP contribution in [-0.2, 0) is 0 Å². The number of hydrogen-bond acceptors (Lipinski definition) is 0. The van der Waals surface area contributed by atoms with Crippen LogP contribution in [0.1, 0.15) is 85.5 Å². The molecule has 16 heavy (non-hydrogen) atoms. The van der Waals surface area contributed by atoms with Crippen molar-refractivity contribution in [1.29, 1.82) is 0 Å². The van der Waals surface area contributed by atoms with Gasteiger partial charge in [-0.3, -0.25) is 0 Å². The molecule has 1 atom stereocenters. The maximum atomic E-state index is 2.46. The molecule has 0 nitrogen and oxygen atoms in total. The first-order valence-corrected chi connectivity index (χ1v) is 7.38. The van der Waals surface area contributed by atoms with Gasteiger partial charge in [-0.2, -0.15) is 0 Å². The molecule has 0 rings (SSSR count). The van der Waals surface area contributed by atoms with Gasteiger partial charge in [0.05, 0.1) is 0 Å². The van der Waals surface area contributed by atoms with Gasteiger partial charge in [-0.25, -0.2) is 0 Å². The average molecular weight is 224 g/mol. The van der Waals surface area contributed by atoms with Crippen LogP contribution in [0.5, 0.6) is 0 Å². The molecule has 0 N–H and O–H groups in total. The van der Waals surface area contributed by atoms with Crippen LogP contribution < -0.4 is 0 Å². The van der Waals surface area contributed by atoms with Crippen molar-refractivity contribution in [2.45, 2.75) is 85.5 Å². The molecular formula is C16H32. The number of unbranched alkanes of at least 4 members (excludes halogenated alkanes) is 6. The number of hydrogen-bond donors (Lipinski definition) is 0. The van der Waals surface area contributed by atoms with Crippen LogP contribution in [0.15, 0.2) is 11.6 Å². The zero-order valence-electron chi connectivity index (χ0n) is 12.0. The van der Waals surface area contributed by atoms with Crippen molar-refractivity contribution in [3.63, 3.8) is 0 Å². The van der Waals surface area contributed by atoms with Gasteiger partial charge in [0.2, 0.25) is 0 Å². The summed E-state index contributed by atoms with van der Waals surface area (Å²) in [5.41, 5.74) is 1.60. The van der Waals surface area contributed by atoms with E-state index >= 15 is 0 Å². The lowest BCUT2D eigenvalue weighted by Gasteiger charge is -2.06. The van der Waals surface area contributed by atoms with Crippen LogP contribution in [0.2, 0.25) is 0 Å². The van der Waals surface area contributed by atoms with E-state index in [0.29, 0.717) is 0 Å². The molecule has 0 saturated carbocycles. The molecule has 0 aliphatic heterocycles. The van der Waals surface area contributed by atoms with Gasteiger partial charge in [-0.15, -0.1) is 0 Å². The first-order valence-electron chi connectivity index (χ1n) is 7.38. The van der Waals surface area contributed by atoms with Gasteiger partial charge in [0.25, 0.3) is 0 Å². The summed E-state index contributed by atoms with van der Waals surface area (Å²) in [6.07, 6.45) is 15.0. The molecule has 1 unspecified atom stereocenters. The monoisotopic (exact) mass is 224 g/mol. The van der Waals surface area contributed by atoms with Crippen molar-refractivity contribution in [3.8, 4) is 0 Å². The van der Waals surface area contributed by atoms with Crippen LogP contribution in [0.4, 0.5) is 0 Å². The molecule has 0 aromatic heterocycles. The minimum absolute atomic E-state index is 0.768. The van der Waals surface area contributed by atoms with Gasteiger partial charge in [-0.05, 0) is 25.7 Å². The molecular weight excluding hydrogens is 192 g/mol. The molecule has 0 bridgehead atoms. The lowest BCUT2D eigenvalue weighted by molar-refractivity contribution is 0.586. The first-order chi connectivity index (χ1) is 7.70. The summed E-state index contributed by atoms with van der Waals surface area (Å²) in [5.74, 6) is 0.768. The topological polar surface area (TPSA) is 0 Å². The highest BCUT2D eigenvalue weighted by molar-refractivity contribution is 4.99. The number of allylic oxidation sites excluding steroid dienone is 2. The van der Waals surface area contributed by atoms with E-state index in [-0.39, 0.29) is 0 Å². The molecule has 0 aliphatic carbocycles. The molecule has 0 heterocycles. The van der Waals surface area contributed by atoms with E-state index in [1.165, 1.54) is 57.8 Å². The van der Waals surface area contributed by atoms with Crippen LogP contribution in [0.25, 0.3) is 0 Å². The molecule has 0 saturated heterocycles. The zero-order valence-corrected chi connectivity index (χ0v) is 12.0. The van der Waals surface area contributed by atoms with Gasteiger partial charge in [0, 0.05) is 0 Å². The fourth-order valence-corrected chi connectivity index (χ4v) is 2.05. The van der Waals surface area contributed by atoms with E-state index in [1.807, 2.05) is 0 Å². The Morgan fingerprint density at radius 2 is 1.50 bits per heavy atom. The Hall–Kier alpha value is -0.260. The summed E-state index contributed by atoms with van der Waals surface area (Å²) in [6.45, 7) is 9.16. The van der Waals surface area contributed by atoms with Crippen molar-refractivity contribution in [2.75, 3.05) is 0 Å². The highest BCUT2D eigenvalue weighted by Crippen LogP contribution is 2.14. The Labute approximate surface area is 104 Å². The molecule has 0 heteroatoms. The summed E-state index contributed by atoms with van der Waals surface area (Å²) in [6, 6.07) is 0. The van der Waals surface area contributed by atoms with Crippen LogP contribution in [0.3, 0.4) is 0 Å². The van der Waals surface area contributed by atoms with E-state index in [9.17, 15) is 0 Å². The van der Waals surface area contributed by atoms with Gasteiger partial charge in [-0.1, -0.05) is 77.4 Å². The summed E-state index contributed by atoms with van der Waals surface area (Å²) >= 11 is 0. The Balaban J connectivity index is 3.34.